The first kappa shape index (κ1) is 14.5. The van der Waals surface area contributed by atoms with Crippen LogP contribution in [0, 0.1) is 10.1 Å². The van der Waals surface area contributed by atoms with Crippen LogP contribution in [0.5, 0.6) is 0 Å². The molecule has 6 nitrogen and oxygen atoms in total. The van der Waals surface area contributed by atoms with Gasteiger partial charge in [0, 0.05) is 18.7 Å². The van der Waals surface area contributed by atoms with Gasteiger partial charge in [-0.15, -0.1) is 0 Å². The molecular formula is C14H19N3O3. The second-order valence-electron chi connectivity index (χ2n) is 5.29. The first-order valence-corrected chi connectivity index (χ1v) is 6.78. The van der Waals surface area contributed by atoms with Crippen LogP contribution in [0.1, 0.15) is 25.3 Å². The van der Waals surface area contributed by atoms with Crippen LogP contribution in [0.15, 0.2) is 24.3 Å². The average molecular weight is 277 g/mol. The van der Waals surface area contributed by atoms with E-state index in [-0.39, 0.29) is 11.6 Å². The quantitative estimate of drug-likeness (QED) is 0.629. The lowest BCUT2D eigenvalue weighted by Crippen LogP contribution is -2.51. The summed E-state index contributed by atoms with van der Waals surface area (Å²) in [6.07, 6.45) is 2.54. The molecule has 2 N–H and O–H groups in total. The summed E-state index contributed by atoms with van der Waals surface area (Å²) >= 11 is 0. The van der Waals surface area contributed by atoms with Crippen molar-refractivity contribution in [1.29, 1.82) is 0 Å². The first-order valence-electron chi connectivity index (χ1n) is 6.78. The molecule has 1 heterocycles. The van der Waals surface area contributed by atoms with E-state index < -0.39 is 10.5 Å². The fourth-order valence-corrected chi connectivity index (χ4v) is 2.39. The number of carbonyl (C=O) groups excluding carboxylic acids is 1. The van der Waals surface area contributed by atoms with Crippen molar-refractivity contribution in [1.82, 2.24) is 10.6 Å². The molecule has 0 bridgehead atoms. The molecule has 0 spiro atoms. The molecule has 6 heteroatoms. The third kappa shape index (κ3) is 3.33. The zero-order valence-corrected chi connectivity index (χ0v) is 11.5. The maximum atomic E-state index is 12.0. The Hall–Kier alpha value is -1.95. The van der Waals surface area contributed by atoms with Gasteiger partial charge in [0.25, 0.3) is 5.69 Å². The number of benzene rings is 1. The summed E-state index contributed by atoms with van der Waals surface area (Å²) in [6.45, 7) is 3.33. The van der Waals surface area contributed by atoms with E-state index in [1.807, 2.05) is 6.92 Å². The van der Waals surface area contributed by atoms with Crippen LogP contribution >= 0.6 is 0 Å². The van der Waals surface area contributed by atoms with Crippen molar-refractivity contribution >= 4 is 11.6 Å². The Morgan fingerprint density at radius 1 is 1.45 bits per heavy atom. The van der Waals surface area contributed by atoms with Crippen molar-refractivity contribution < 1.29 is 9.72 Å². The normalized spacial score (nSPS) is 21.6. The lowest BCUT2D eigenvalue weighted by Gasteiger charge is -2.23. The molecule has 1 saturated heterocycles. The minimum Gasteiger partial charge on any atom is -0.354 e. The van der Waals surface area contributed by atoms with Gasteiger partial charge in [0.15, 0.2) is 0 Å². The summed E-state index contributed by atoms with van der Waals surface area (Å²) in [4.78, 5) is 22.2. The SMILES string of the molecule is CC1(C(=O)NCCc2ccc([N+](=O)[O-])cc2)CCCN1. The number of nitrogens with one attached hydrogen (secondary N) is 2. The molecule has 2 rings (SSSR count). The molecule has 0 saturated carbocycles. The van der Waals surface area contributed by atoms with Gasteiger partial charge in [0.2, 0.25) is 5.91 Å². The monoisotopic (exact) mass is 277 g/mol. The van der Waals surface area contributed by atoms with Gasteiger partial charge in [-0.25, -0.2) is 0 Å². The summed E-state index contributed by atoms with van der Waals surface area (Å²) in [5, 5.41) is 16.7. The van der Waals surface area contributed by atoms with Gasteiger partial charge in [-0.2, -0.15) is 0 Å². The fraction of sp³-hybridized carbons (Fsp3) is 0.500. The summed E-state index contributed by atoms with van der Waals surface area (Å²) in [7, 11) is 0. The number of non-ortho nitro benzene ring substituents is 1. The summed E-state index contributed by atoms with van der Waals surface area (Å²) in [6, 6.07) is 6.41. The molecule has 1 aliphatic heterocycles. The highest BCUT2D eigenvalue weighted by atomic mass is 16.6. The van der Waals surface area contributed by atoms with Crippen molar-refractivity contribution in [2.45, 2.75) is 31.7 Å². The molecule has 108 valence electrons. The van der Waals surface area contributed by atoms with E-state index in [1.165, 1.54) is 12.1 Å². The van der Waals surface area contributed by atoms with Crippen LogP contribution in [0.2, 0.25) is 0 Å². The van der Waals surface area contributed by atoms with E-state index in [0.717, 1.165) is 24.9 Å². The minimum atomic E-state index is -0.449. The maximum Gasteiger partial charge on any atom is 0.269 e. The zero-order valence-electron chi connectivity index (χ0n) is 11.5. The number of carbonyl (C=O) groups is 1. The van der Waals surface area contributed by atoms with Gasteiger partial charge in [-0.3, -0.25) is 14.9 Å². The Morgan fingerprint density at radius 2 is 2.15 bits per heavy atom. The molecule has 1 aromatic carbocycles. The Labute approximate surface area is 117 Å². The number of hydrogen-bond acceptors (Lipinski definition) is 4. The third-order valence-corrected chi connectivity index (χ3v) is 3.72. The molecule has 1 aromatic rings. The van der Waals surface area contributed by atoms with Gasteiger partial charge < -0.3 is 10.6 Å². The number of nitro groups is 1. The second kappa shape index (κ2) is 6.00. The van der Waals surface area contributed by atoms with Gasteiger partial charge in [-0.1, -0.05) is 12.1 Å². The Balaban J connectivity index is 1.81. The Bertz CT molecular complexity index is 493. The highest BCUT2D eigenvalue weighted by Gasteiger charge is 2.35. The smallest absolute Gasteiger partial charge is 0.269 e. The second-order valence-corrected chi connectivity index (χ2v) is 5.29. The molecule has 0 aliphatic carbocycles. The topological polar surface area (TPSA) is 84.3 Å². The Morgan fingerprint density at radius 3 is 2.70 bits per heavy atom. The lowest BCUT2D eigenvalue weighted by atomic mass is 9.99. The molecule has 1 aliphatic rings. The van der Waals surface area contributed by atoms with Crippen molar-refractivity contribution in [3.05, 3.63) is 39.9 Å². The molecule has 1 amide bonds. The maximum absolute atomic E-state index is 12.0. The number of nitrogens with zero attached hydrogens (tertiary/aromatic N) is 1. The predicted octanol–water partition coefficient (Wildman–Crippen LogP) is 1.40. The molecule has 20 heavy (non-hydrogen) atoms. The van der Waals surface area contributed by atoms with Crippen LogP contribution in [0.3, 0.4) is 0 Å². The van der Waals surface area contributed by atoms with Crippen LogP contribution in [0.25, 0.3) is 0 Å². The fourth-order valence-electron chi connectivity index (χ4n) is 2.39. The van der Waals surface area contributed by atoms with E-state index in [2.05, 4.69) is 10.6 Å². The molecular weight excluding hydrogens is 258 g/mol. The molecule has 1 unspecified atom stereocenters. The van der Waals surface area contributed by atoms with Gasteiger partial charge >= 0.3 is 0 Å². The summed E-state index contributed by atoms with van der Waals surface area (Å²) < 4.78 is 0. The average Bonchev–Trinajstić information content (AvgIpc) is 2.87. The largest absolute Gasteiger partial charge is 0.354 e. The molecule has 0 radical (unpaired) electrons. The lowest BCUT2D eigenvalue weighted by molar-refractivity contribution is -0.384. The van der Waals surface area contributed by atoms with E-state index in [4.69, 9.17) is 0 Å². The van der Waals surface area contributed by atoms with Crippen LogP contribution < -0.4 is 10.6 Å². The van der Waals surface area contributed by atoms with Crippen LogP contribution in [-0.4, -0.2) is 29.5 Å². The highest BCUT2D eigenvalue weighted by molar-refractivity contribution is 5.86. The standard InChI is InChI=1S/C14H19N3O3/c1-14(8-2-9-16-14)13(18)15-10-7-11-3-5-12(6-4-11)17(19)20/h3-6,16H,2,7-10H2,1H3,(H,15,18). The number of hydrogen-bond donors (Lipinski definition) is 2. The number of rotatable bonds is 5. The summed E-state index contributed by atoms with van der Waals surface area (Å²) in [5.74, 6) is 0.0249. The highest BCUT2D eigenvalue weighted by Crippen LogP contribution is 2.18. The molecule has 1 atom stereocenters. The molecule has 0 aromatic heterocycles. The van der Waals surface area contributed by atoms with Crippen molar-refractivity contribution in [2.75, 3.05) is 13.1 Å². The Kier molecular flexibility index (Phi) is 4.34. The number of amides is 1. The van der Waals surface area contributed by atoms with Crippen LogP contribution in [-0.2, 0) is 11.2 Å². The van der Waals surface area contributed by atoms with Crippen molar-refractivity contribution in [3.63, 3.8) is 0 Å². The van der Waals surface area contributed by atoms with E-state index in [0.29, 0.717) is 13.0 Å². The van der Waals surface area contributed by atoms with Crippen LogP contribution in [0.4, 0.5) is 5.69 Å². The molecule has 1 fully saturated rings. The van der Waals surface area contributed by atoms with Crippen molar-refractivity contribution in [2.24, 2.45) is 0 Å². The van der Waals surface area contributed by atoms with Gasteiger partial charge in [0.05, 0.1) is 10.5 Å². The van der Waals surface area contributed by atoms with E-state index in [1.54, 1.807) is 12.1 Å². The zero-order chi connectivity index (χ0) is 14.6. The van der Waals surface area contributed by atoms with E-state index >= 15 is 0 Å². The van der Waals surface area contributed by atoms with Gasteiger partial charge in [0.1, 0.15) is 0 Å². The minimum absolute atomic E-state index is 0.0249. The third-order valence-electron chi connectivity index (χ3n) is 3.72. The predicted molar refractivity (Wildman–Crippen MR) is 75.5 cm³/mol. The van der Waals surface area contributed by atoms with E-state index in [9.17, 15) is 14.9 Å². The summed E-state index contributed by atoms with van der Waals surface area (Å²) in [5.41, 5.74) is 0.607. The first-order chi connectivity index (χ1) is 9.51. The van der Waals surface area contributed by atoms with Gasteiger partial charge in [-0.05, 0) is 38.3 Å². The number of nitro benzene ring substituents is 1. The van der Waals surface area contributed by atoms with Crippen molar-refractivity contribution in [3.8, 4) is 0 Å².